The first-order valence-electron chi connectivity index (χ1n) is 7.72. The minimum absolute atomic E-state index is 0.145. The van der Waals surface area contributed by atoms with Gasteiger partial charge in [-0.2, -0.15) is 0 Å². The van der Waals surface area contributed by atoms with E-state index in [-0.39, 0.29) is 12.5 Å². The van der Waals surface area contributed by atoms with E-state index in [0.717, 1.165) is 5.56 Å². The fraction of sp³-hybridized carbons (Fsp3) is 0.263. The van der Waals surface area contributed by atoms with Gasteiger partial charge in [-0.05, 0) is 36.1 Å². The van der Waals surface area contributed by atoms with Crippen LogP contribution in [0.1, 0.15) is 15.9 Å². The molecule has 0 saturated carbocycles. The molecule has 0 radical (unpaired) electrons. The second kappa shape index (κ2) is 9.13. The molecular weight excluding hydrogens is 338 g/mol. The SMILES string of the molecule is COC(=O)c1ccccc1OCC(=O)N(C)Cc1ccc(SC)cc1. The Labute approximate surface area is 151 Å². The number of carbonyl (C=O) groups is 2. The minimum atomic E-state index is -0.495. The number of likely N-dealkylation sites (N-methyl/N-ethyl adjacent to an activating group) is 1. The van der Waals surface area contributed by atoms with Gasteiger partial charge in [-0.3, -0.25) is 4.79 Å². The maximum atomic E-state index is 12.3. The summed E-state index contributed by atoms with van der Waals surface area (Å²) in [5, 5.41) is 0. The molecule has 25 heavy (non-hydrogen) atoms. The normalized spacial score (nSPS) is 10.2. The molecule has 0 heterocycles. The summed E-state index contributed by atoms with van der Waals surface area (Å²) >= 11 is 1.68. The Morgan fingerprint density at radius 1 is 1.08 bits per heavy atom. The molecule has 0 bridgehead atoms. The van der Waals surface area contributed by atoms with Gasteiger partial charge in [0.25, 0.3) is 5.91 Å². The summed E-state index contributed by atoms with van der Waals surface area (Å²) in [5.41, 5.74) is 1.34. The number of nitrogens with zero attached hydrogens (tertiary/aromatic N) is 1. The molecule has 0 aliphatic heterocycles. The number of esters is 1. The number of methoxy groups -OCH3 is 1. The maximum Gasteiger partial charge on any atom is 0.341 e. The number of ether oxygens (including phenoxy) is 2. The third kappa shape index (κ3) is 5.26. The van der Waals surface area contributed by atoms with E-state index in [1.54, 1.807) is 48.0 Å². The number of carbonyl (C=O) groups excluding carboxylic acids is 2. The molecule has 5 nitrogen and oxygen atoms in total. The van der Waals surface area contributed by atoms with Gasteiger partial charge in [0.1, 0.15) is 11.3 Å². The lowest BCUT2D eigenvalue weighted by molar-refractivity contribution is -0.132. The highest BCUT2D eigenvalue weighted by Crippen LogP contribution is 2.19. The molecule has 0 N–H and O–H groups in total. The van der Waals surface area contributed by atoms with Crippen LogP contribution in [0.25, 0.3) is 0 Å². The Balaban J connectivity index is 1.94. The third-order valence-electron chi connectivity index (χ3n) is 3.65. The van der Waals surface area contributed by atoms with Crippen LogP contribution in [0.3, 0.4) is 0 Å². The zero-order valence-electron chi connectivity index (χ0n) is 14.5. The molecule has 0 atom stereocenters. The van der Waals surface area contributed by atoms with Gasteiger partial charge in [0.05, 0.1) is 7.11 Å². The van der Waals surface area contributed by atoms with Crippen molar-refractivity contribution in [1.29, 1.82) is 0 Å². The van der Waals surface area contributed by atoms with Crippen molar-refractivity contribution >= 4 is 23.6 Å². The maximum absolute atomic E-state index is 12.3. The molecule has 0 aliphatic carbocycles. The standard InChI is InChI=1S/C19H21NO4S/c1-20(12-14-8-10-15(25-3)11-9-14)18(21)13-24-17-7-5-4-6-16(17)19(22)23-2/h4-11H,12-13H2,1-3H3. The molecule has 2 rings (SSSR count). The molecule has 132 valence electrons. The van der Waals surface area contributed by atoms with Crippen molar-refractivity contribution in [2.75, 3.05) is 27.0 Å². The molecular formula is C19H21NO4S. The van der Waals surface area contributed by atoms with E-state index in [1.807, 2.05) is 30.5 Å². The van der Waals surface area contributed by atoms with Crippen molar-refractivity contribution in [2.24, 2.45) is 0 Å². The summed E-state index contributed by atoms with van der Waals surface area (Å²) in [6.45, 7) is 0.350. The lowest BCUT2D eigenvalue weighted by Gasteiger charge is -2.18. The van der Waals surface area contributed by atoms with E-state index in [0.29, 0.717) is 17.9 Å². The van der Waals surface area contributed by atoms with Gasteiger partial charge in [0.15, 0.2) is 6.61 Å². The summed E-state index contributed by atoms with van der Waals surface area (Å²) < 4.78 is 10.2. The molecule has 2 aromatic rings. The lowest BCUT2D eigenvalue weighted by Crippen LogP contribution is -2.31. The zero-order valence-corrected chi connectivity index (χ0v) is 15.3. The van der Waals surface area contributed by atoms with Crippen molar-refractivity contribution in [3.63, 3.8) is 0 Å². The summed E-state index contributed by atoms with van der Waals surface area (Å²) in [7, 11) is 3.03. The quantitative estimate of drug-likeness (QED) is 0.561. The molecule has 0 spiro atoms. The first-order valence-corrected chi connectivity index (χ1v) is 8.94. The van der Waals surface area contributed by atoms with E-state index < -0.39 is 5.97 Å². The summed E-state index contributed by atoms with van der Waals surface area (Å²) in [5.74, 6) is -0.334. The van der Waals surface area contributed by atoms with Crippen molar-refractivity contribution in [1.82, 2.24) is 4.90 Å². The molecule has 0 unspecified atom stereocenters. The van der Waals surface area contributed by atoms with Crippen LogP contribution >= 0.6 is 11.8 Å². The Kier molecular flexibility index (Phi) is 6.89. The van der Waals surface area contributed by atoms with Gasteiger partial charge in [0.2, 0.25) is 0 Å². The van der Waals surface area contributed by atoms with Crippen LogP contribution < -0.4 is 4.74 Å². The van der Waals surface area contributed by atoms with Gasteiger partial charge in [-0.15, -0.1) is 11.8 Å². The second-order valence-electron chi connectivity index (χ2n) is 5.37. The van der Waals surface area contributed by atoms with Gasteiger partial charge >= 0.3 is 5.97 Å². The fourth-order valence-corrected chi connectivity index (χ4v) is 2.62. The Hall–Kier alpha value is -2.47. The molecule has 0 saturated heterocycles. The highest BCUT2D eigenvalue weighted by molar-refractivity contribution is 7.98. The lowest BCUT2D eigenvalue weighted by atomic mass is 10.2. The summed E-state index contributed by atoms with van der Waals surface area (Å²) in [4.78, 5) is 26.8. The van der Waals surface area contributed by atoms with Crippen molar-refractivity contribution < 1.29 is 19.1 Å². The molecule has 0 fully saturated rings. The Morgan fingerprint density at radius 3 is 2.40 bits per heavy atom. The van der Waals surface area contributed by atoms with Crippen LogP contribution in [0.15, 0.2) is 53.4 Å². The van der Waals surface area contributed by atoms with Crippen molar-refractivity contribution in [2.45, 2.75) is 11.4 Å². The molecule has 0 aromatic heterocycles. The number of hydrogen-bond acceptors (Lipinski definition) is 5. The fourth-order valence-electron chi connectivity index (χ4n) is 2.21. The predicted octanol–water partition coefficient (Wildman–Crippen LogP) is 3.23. The highest BCUT2D eigenvalue weighted by Gasteiger charge is 2.15. The molecule has 6 heteroatoms. The predicted molar refractivity (Wildman–Crippen MR) is 98.0 cm³/mol. The Bertz CT molecular complexity index is 730. The van der Waals surface area contributed by atoms with E-state index in [2.05, 4.69) is 0 Å². The minimum Gasteiger partial charge on any atom is -0.483 e. The number of hydrogen-bond donors (Lipinski definition) is 0. The van der Waals surface area contributed by atoms with Crippen LogP contribution in [0.5, 0.6) is 5.75 Å². The van der Waals surface area contributed by atoms with Gasteiger partial charge in [0, 0.05) is 18.5 Å². The smallest absolute Gasteiger partial charge is 0.341 e. The summed E-state index contributed by atoms with van der Waals surface area (Å²) in [6, 6.07) is 14.8. The number of para-hydroxylation sites is 1. The Morgan fingerprint density at radius 2 is 1.76 bits per heavy atom. The molecule has 1 amide bonds. The number of amides is 1. The first-order chi connectivity index (χ1) is 12.0. The highest BCUT2D eigenvalue weighted by atomic mass is 32.2. The zero-order chi connectivity index (χ0) is 18.2. The van der Waals surface area contributed by atoms with E-state index in [4.69, 9.17) is 9.47 Å². The van der Waals surface area contributed by atoms with Gasteiger partial charge in [-0.1, -0.05) is 24.3 Å². The van der Waals surface area contributed by atoms with Gasteiger partial charge < -0.3 is 14.4 Å². The van der Waals surface area contributed by atoms with Crippen LogP contribution in [0.2, 0.25) is 0 Å². The second-order valence-corrected chi connectivity index (χ2v) is 6.25. The van der Waals surface area contributed by atoms with E-state index in [9.17, 15) is 9.59 Å². The largest absolute Gasteiger partial charge is 0.483 e. The van der Waals surface area contributed by atoms with E-state index in [1.165, 1.54) is 12.0 Å². The van der Waals surface area contributed by atoms with Crippen molar-refractivity contribution in [3.05, 3.63) is 59.7 Å². The van der Waals surface area contributed by atoms with E-state index >= 15 is 0 Å². The number of thioether (sulfide) groups is 1. The number of benzene rings is 2. The topological polar surface area (TPSA) is 55.8 Å². The first kappa shape index (κ1) is 18.9. The van der Waals surface area contributed by atoms with Crippen LogP contribution in [0, 0.1) is 0 Å². The molecule has 2 aromatic carbocycles. The van der Waals surface area contributed by atoms with Crippen molar-refractivity contribution in [3.8, 4) is 5.75 Å². The monoisotopic (exact) mass is 359 g/mol. The average Bonchev–Trinajstić information content (AvgIpc) is 2.66. The van der Waals surface area contributed by atoms with Gasteiger partial charge in [-0.25, -0.2) is 4.79 Å². The molecule has 0 aliphatic rings. The average molecular weight is 359 g/mol. The summed E-state index contributed by atoms with van der Waals surface area (Å²) in [6.07, 6.45) is 2.02. The number of rotatable bonds is 7. The third-order valence-corrected chi connectivity index (χ3v) is 4.39. The van der Waals surface area contributed by atoms with Crippen LogP contribution in [-0.2, 0) is 16.1 Å². The van der Waals surface area contributed by atoms with Crippen LogP contribution in [-0.4, -0.2) is 43.8 Å². The van der Waals surface area contributed by atoms with Crippen LogP contribution in [0.4, 0.5) is 0 Å².